The van der Waals surface area contributed by atoms with Crippen molar-refractivity contribution in [3.8, 4) is 6.07 Å². The smallest absolute Gasteiger partial charge is 0.101 e. The molecule has 3 aromatic rings. The second-order valence-electron chi connectivity index (χ2n) is 4.43. The highest BCUT2D eigenvalue weighted by atomic mass is 35.5. The molecule has 0 atom stereocenters. The summed E-state index contributed by atoms with van der Waals surface area (Å²) in [4.78, 5) is 0. The lowest BCUT2D eigenvalue weighted by Crippen LogP contribution is -1.97. The summed E-state index contributed by atoms with van der Waals surface area (Å²) in [6, 6.07) is 18.1. The summed E-state index contributed by atoms with van der Waals surface area (Å²) >= 11 is 6.00. The summed E-state index contributed by atoms with van der Waals surface area (Å²) in [5.74, 6) is 0. The van der Waals surface area contributed by atoms with Gasteiger partial charge in [0.05, 0.1) is 5.56 Å². The van der Waals surface area contributed by atoms with E-state index >= 15 is 0 Å². The van der Waals surface area contributed by atoms with Crippen LogP contribution in [0.15, 0.2) is 54.7 Å². The maximum Gasteiger partial charge on any atom is 0.101 e. The summed E-state index contributed by atoms with van der Waals surface area (Å²) in [6.45, 7) is 0.751. The van der Waals surface area contributed by atoms with Gasteiger partial charge in [0.15, 0.2) is 0 Å². The lowest BCUT2D eigenvalue weighted by atomic mass is 10.2. The molecule has 2 aromatic carbocycles. The van der Waals surface area contributed by atoms with Gasteiger partial charge < -0.3 is 4.57 Å². The number of nitrogens with zero attached hydrogens (tertiary/aromatic N) is 2. The summed E-state index contributed by atoms with van der Waals surface area (Å²) < 4.78 is 2.08. The predicted octanol–water partition coefficient (Wildman–Crippen LogP) is 4.21. The molecule has 0 unspecified atom stereocenters. The van der Waals surface area contributed by atoms with Crippen molar-refractivity contribution in [3.05, 3.63) is 70.9 Å². The number of nitriles is 1. The van der Waals surface area contributed by atoms with Gasteiger partial charge in [0.2, 0.25) is 0 Å². The Hall–Kier alpha value is -2.24. The van der Waals surface area contributed by atoms with Gasteiger partial charge in [-0.25, -0.2) is 0 Å². The fourth-order valence-electron chi connectivity index (χ4n) is 2.27. The SMILES string of the molecule is N#Cc1cn(Cc2ccccc2)c2ccc(Cl)cc12. The minimum atomic E-state index is 0.654. The Morgan fingerprint density at radius 3 is 2.63 bits per heavy atom. The van der Waals surface area contributed by atoms with Crippen LogP contribution in [0.25, 0.3) is 10.9 Å². The van der Waals surface area contributed by atoms with Crippen molar-refractivity contribution in [2.24, 2.45) is 0 Å². The predicted molar refractivity (Wildman–Crippen MR) is 77.2 cm³/mol. The Morgan fingerprint density at radius 2 is 1.89 bits per heavy atom. The van der Waals surface area contributed by atoms with Gasteiger partial charge in [0.1, 0.15) is 6.07 Å². The zero-order chi connectivity index (χ0) is 13.2. The fourth-order valence-corrected chi connectivity index (χ4v) is 2.44. The van der Waals surface area contributed by atoms with Crippen molar-refractivity contribution in [2.45, 2.75) is 6.54 Å². The molecule has 0 spiro atoms. The lowest BCUT2D eigenvalue weighted by molar-refractivity contribution is 0.836. The van der Waals surface area contributed by atoms with E-state index in [1.54, 1.807) is 0 Å². The highest BCUT2D eigenvalue weighted by Gasteiger charge is 2.08. The van der Waals surface area contributed by atoms with Crippen molar-refractivity contribution in [3.63, 3.8) is 0 Å². The summed E-state index contributed by atoms with van der Waals surface area (Å²) in [7, 11) is 0. The van der Waals surface area contributed by atoms with E-state index in [1.165, 1.54) is 5.56 Å². The summed E-state index contributed by atoms with van der Waals surface area (Å²) in [5, 5.41) is 10.8. The molecule has 0 amide bonds. The number of halogens is 1. The van der Waals surface area contributed by atoms with E-state index in [9.17, 15) is 5.26 Å². The first kappa shape index (κ1) is 11.8. The first-order valence-corrected chi connectivity index (χ1v) is 6.38. The van der Waals surface area contributed by atoms with Crippen LogP contribution in [-0.2, 0) is 6.54 Å². The molecular formula is C16H11ClN2. The molecule has 2 nitrogen and oxygen atoms in total. The molecule has 0 saturated carbocycles. The standard InChI is InChI=1S/C16H11ClN2/c17-14-6-7-16-15(8-14)13(9-18)11-19(16)10-12-4-2-1-3-5-12/h1-8,11H,10H2. The van der Waals surface area contributed by atoms with Crippen molar-refractivity contribution >= 4 is 22.5 Å². The van der Waals surface area contributed by atoms with E-state index in [0.717, 1.165) is 17.4 Å². The van der Waals surface area contributed by atoms with Crippen LogP contribution in [0.1, 0.15) is 11.1 Å². The zero-order valence-corrected chi connectivity index (χ0v) is 10.9. The van der Waals surface area contributed by atoms with E-state index in [2.05, 4.69) is 22.8 Å². The lowest BCUT2D eigenvalue weighted by Gasteiger charge is -2.05. The molecule has 1 aromatic heterocycles. The van der Waals surface area contributed by atoms with Gasteiger partial charge in [0.25, 0.3) is 0 Å². The maximum absolute atomic E-state index is 9.20. The van der Waals surface area contributed by atoms with Crippen LogP contribution in [-0.4, -0.2) is 4.57 Å². The van der Waals surface area contributed by atoms with Gasteiger partial charge in [-0.3, -0.25) is 0 Å². The monoisotopic (exact) mass is 266 g/mol. The highest BCUT2D eigenvalue weighted by molar-refractivity contribution is 6.31. The molecule has 3 rings (SSSR count). The molecule has 0 N–H and O–H groups in total. The third kappa shape index (κ3) is 2.21. The first-order valence-electron chi connectivity index (χ1n) is 6.00. The van der Waals surface area contributed by atoms with Crippen molar-refractivity contribution in [1.29, 1.82) is 5.26 Å². The average molecular weight is 267 g/mol. The normalized spacial score (nSPS) is 10.5. The van der Waals surface area contributed by atoms with Crippen molar-refractivity contribution in [2.75, 3.05) is 0 Å². The van der Waals surface area contributed by atoms with E-state index in [1.807, 2.05) is 42.6 Å². The van der Waals surface area contributed by atoms with Gasteiger partial charge in [-0.2, -0.15) is 5.26 Å². The van der Waals surface area contributed by atoms with Gasteiger partial charge in [-0.15, -0.1) is 0 Å². The highest BCUT2D eigenvalue weighted by Crippen LogP contribution is 2.25. The molecule has 0 aliphatic heterocycles. The Labute approximate surface area is 116 Å². The molecular weight excluding hydrogens is 256 g/mol. The molecule has 0 aliphatic carbocycles. The zero-order valence-electron chi connectivity index (χ0n) is 10.2. The maximum atomic E-state index is 9.20. The van der Waals surface area contributed by atoms with Gasteiger partial charge >= 0.3 is 0 Å². The molecule has 1 heterocycles. The average Bonchev–Trinajstić information content (AvgIpc) is 2.77. The van der Waals surface area contributed by atoms with Crippen LogP contribution in [0.4, 0.5) is 0 Å². The largest absolute Gasteiger partial charge is 0.342 e. The number of rotatable bonds is 2. The third-order valence-corrected chi connectivity index (χ3v) is 3.39. The Bertz CT molecular complexity index is 767. The summed E-state index contributed by atoms with van der Waals surface area (Å²) in [6.07, 6.45) is 1.88. The second kappa shape index (κ2) is 4.79. The van der Waals surface area contributed by atoms with Crippen molar-refractivity contribution < 1.29 is 0 Å². The van der Waals surface area contributed by atoms with Gasteiger partial charge in [-0.1, -0.05) is 41.9 Å². The number of hydrogen-bond acceptors (Lipinski definition) is 1. The molecule has 0 saturated heterocycles. The van der Waals surface area contributed by atoms with Crippen LogP contribution in [0.3, 0.4) is 0 Å². The number of aromatic nitrogens is 1. The minimum Gasteiger partial charge on any atom is -0.342 e. The number of fused-ring (bicyclic) bond motifs is 1. The Kier molecular flexibility index (Phi) is 2.98. The van der Waals surface area contributed by atoms with Gasteiger partial charge in [0, 0.05) is 28.7 Å². The van der Waals surface area contributed by atoms with E-state index in [0.29, 0.717) is 10.6 Å². The molecule has 19 heavy (non-hydrogen) atoms. The Morgan fingerprint density at radius 1 is 1.11 bits per heavy atom. The van der Waals surface area contributed by atoms with Crippen molar-refractivity contribution in [1.82, 2.24) is 4.57 Å². The topological polar surface area (TPSA) is 28.7 Å². The van der Waals surface area contributed by atoms with Crippen LogP contribution >= 0.6 is 11.6 Å². The summed E-state index contributed by atoms with van der Waals surface area (Å²) in [5.41, 5.74) is 2.90. The number of benzene rings is 2. The number of hydrogen-bond donors (Lipinski definition) is 0. The third-order valence-electron chi connectivity index (χ3n) is 3.16. The van der Waals surface area contributed by atoms with Crippen LogP contribution in [0, 0.1) is 11.3 Å². The van der Waals surface area contributed by atoms with Crippen LogP contribution < -0.4 is 0 Å². The molecule has 0 bridgehead atoms. The fraction of sp³-hybridized carbons (Fsp3) is 0.0625. The quantitative estimate of drug-likeness (QED) is 0.683. The van der Waals surface area contributed by atoms with E-state index < -0.39 is 0 Å². The van der Waals surface area contributed by atoms with Crippen LogP contribution in [0.2, 0.25) is 5.02 Å². The first-order chi connectivity index (χ1) is 9.28. The van der Waals surface area contributed by atoms with Gasteiger partial charge in [-0.05, 0) is 23.8 Å². The van der Waals surface area contributed by atoms with Crippen LogP contribution in [0.5, 0.6) is 0 Å². The molecule has 0 aliphatic rings. The van der Waals surface area contributed by atoms with E-state index in [-0.39, 0.29) is 0 Å². The molecule has 3 heteroatoms. The molecule has 92 valence electrons. The van der Waals surface area contributed by atoms with E-state index in [4.69, 9.17) is 11.6 Å². The minimum absolute atomic E-state index is 0.654. The molecule has 0 radical (unpaired) electrons. The Balaban J connectivity index is 2.12. The second-order valence-corrected chi connectivity index (χ2v) is 4.87. The molecule has 0 fully saturated rings.